The zero-order valence-corrected chi connectivity index (χ0v) is 13.5. The highest BCUT2D eigenvalue weighted by Crippen LogP contribution is 2.38. The average molecular weight is 277 g/mol. The van der Waals surface area contributed by atoms with Gasteiger partial charge in [-0.25, -0.2) is 0 Å². The fourth-order valence-corrected chi connectivity index (χ4v) is 3.85. The summed E-state index contributed by atoms with van der Waals surface area (Å²) in [6, 6.07) is 6.83. The molecule has 0 unspecified atom stereocenters. The van der Waals surface area contributed by atoms with E-state index >= 15 is 0 Å². The van der Waals surface area contributed by atoms with Crippen molar-refractivity contribution in [3.63, 3.8) is 0 Å². The molecule has 1 aliphatic rings. The Bertz CT molecular complexity index is 401. The van der Waals surface area contributed by atoms with Gasteiger partial charge < -0.3 is 4.90 Å². The summed E-state index contributed by atoms with van der Waals surface area (Å²) in [5, 5.41) is 0. The van der Waals surface area contributed by atoms with E-state index < -0.39 is 0 Å². The molecule has 0 radical (unpaired) electrons. The lowest BCUT2D eigenvalue weighted by Crippen LogP contribution is -2.38. The Balaban J connectivity index is 2.12. The van der Waals surface area contributed by atoms with E-state index in [-0.39, 0.29) is 0 Å². The van der Waals surface area contributed by atoms with Crippen molar-refractivity contribution in [2.75, 3.05) is 24.2 Å². The summed E-state index contributed by atoms with van der Waals surface area (Å²) in [5.74, 6) is 1.02. The van der Waals surface area contributed by atoms with Gasteiger partial charge in [-0.1, -0.05) is 25.3 Å². The van der Waals surface area contributed by atoms with Crippen molar-refractivity contribution in [2.45, 2.75) is 46.0 Å². The molecule has 1 saturated carbocycles. The highest BCUT2D eigenvalue weighted by molar-refractivity contribution is 7.80. The van der Waals surface area contributed by atoms with Crippen LogP contribution < -0.4 is 4.90 Å². The van der Waals surface area contributed by atoms with Crippen LogP contribution in [0.4, 0.5) is 5.69 Å². The second-order valence-corrected chi connectivity index (χ2v) is 6.74. The first-order chi connectivity index (χ1) is 9.04. The second-order valence-electron chi connectivity index (χ2n) is 6.42. The van der Waals surface area contributed by atoms with Crippen molar-refractivity contribution >= 4 is 18.3 Å². The number of nitrogens with zero attached hydrogens (tertiary/aromatic N) is 1. The monoisotopic (exact) mass is 277 g/mol. The van der Waals surface area contributed by atoms with E-state index in [2.05, 4.69) is 56.6 Å². The number of anilines is 1. The molecule has 0 heterocycles. The van der Waals surface area contributed by atoms with Gasteiger partial charge >= 0.3 is 0 Å². The van der Waals surface area contributed by atoms with Gasteiger partial charge in [-0.2, -0.15) is 12.6 Å². The van der Waals surface area contributed by atoms with Gasteiger partial charge in [0.1, 0.15) is 0 Å². The first-order valence-corrected chi connectivity index (χ1v) is 8.08. The van der Waals surface area contributed by atoms with Crippen molar-refractivity contribution in [1.29, 1.82) is 0 Å². The number of aryl methyl sites for hydroxylation is 2. The number of hydrogen-bond donors (Lipinski definition) is 1. The molecule has 1 aromatic rings. The van der Waals surface area contributed by atoms with E-state index in [0.29, 0.717) is 5.41 Å². The van der Waals surface area contributed by atoms with Crippen LogP contribution in [0.15, 0.2) is 18.2 Å². The van der Waals surface area contributed by atoms with Gasteiger partial charge in [0.05, 0.1) is 0 Å². The second kappa shape index (κ2) is 6.21. The average Bonchev–Trinajstić information content (AvgIpc) is 2.38. The largest absolute Gasteiger partial charge is 0.374 e. The van der Waals surface area contributed by atoms with Crippen LogP contribution in [-0.4, -0.2) is 19.3 Å². The zero-order valence-electron chi connectivity index (χ0n) is 12.6. The topological polar surface area (TPSA) is 3.24 Å². The van der Waals surface area contributed by atoms with Gasteiger partial charge in [0.25, 0.3) is 0 Å². The molecule has 19 heavy (non-hydrogen) atoms. The molecular weight excluding hydrogens is 250 g/mol. The molecule has 2 rings (SSSR count). The van der Waals surface area contributed by atoms with Crippen molar-refractivity contribution in [3.05, 3.63) is 29.3 Å². The van der Waals surface area contributed by atoms with Crippen LogP contribution >= 0.6 is 12.6 Å². The van der Waals surface area contributed by atoms with E-state index in [1.165, 1.54) is 48.9 Å². The lowest BCUT2D eigenvalue weighted by atomic mass is 9.75. The lowest BCUT2D eigenvalue weighted by molar-refractivity contribution is 0.230. The summed E-state index contributed by atoms with van der Waals surface area (Å²) in [5.41, 5.74) is 4.48. The summed E-state index contributed by atoms with van der Waals surface area (Å²) < 4.78 is 0. The fraction of sp³-hybridized carbons (Fsp3) is 0.647. The van der Waals surface area contributed by atoms with Gasteiger partial charge in [-0.3, -0.25) is 0 Å². The SMILES string of the molecule is Cc1cc(C)cc(N(C)CC2(CS)CCCCC2)c1. The molecule has 106 valence electrons. The van der Waals surface area contributed by atoms with E-state index in [9.17, 15) is 0 Å². The number of hydrogen-bond acceptors (Lipinski definition) is 2. The summed E-state index contributed by atoms with van der Waals surface area (Å²) in [4.78, 5) is 2.43. The van der Waals surface area contributed by atoms with Gasteiger partial charge in [0, 0.05) is 19.3 Å². The van der Waals surface area contributed by atoms with E-state index in [0.717, 1.165) is 12.3 Å². The fourth-order valence-electron chi connectivity index (χ4n) is 3.43. The maximum atomic E-state index is 4.65. The van der Waals surface area contributed by atoms with Crippen molar-refractivity contribution in [3.8, 4) is 0 Å². The highest BCUT2D eigenvalue weighted by atomic mass is 32.1. The summed E-state index contributed by atoms with van der Waals surface area (Å²) in [6.45, 7) is 5.50. The Hall–Kier alpha value is -0.630. The van der Waals surface area contributed by atoms with Gasteiger partial charge in [-0.05, 0) is 61.1 Å². The Morgan fingerprint density at radius 1 is 1.05 bits per heavy atom. The minimum atomic E-state index is 0.424. The molecule has 0 aromatic heterocycles. The van der Waals surface area contributed by atoms with Crippen LogP contribution in [0.2, 0.25) is 0 Å². The number of thiol groups is 1. The molecule has 1 aliphatic carbocycles. The van der Waals surface area contributed by atoms with Gasteiger partial charge in [-0.15, -0.1) is 0 Å². The number of rotatable bonds is 4. The third kappa shape index (κ3) is 3.68. The maximum Gasteiger partial charge on any atom is 0.0369 e. The quantitative estimate of drug-likeness (QED) is 0.786. The van der Waals surface area contributed by atoms with E-state index in [1.54, 1.807) is 0 Å². The predicted octanol–water partition coefficient (Wildman–Crippen LogP) is 4.62. The summed E-state index contributed by atoms with van der Waals surface area (Å²) >= 11 is 4.65. The lowest BCUT2D eigenvalue weighted by Gasteiger charge is -2.40. The van der Waals surface area contributed by atoms with Crippen molar-refractivity contribution in [1.82, 2.24) is 0 Å². The molecule has 1 fully saturated rings. The van der Waals surface area contributed by atoms with Crippen LogP contribution in [0.1, 0.15) is 43.2 Å². The molecule has 2 heteroatoms. The molecule has 0 amide bonds. The molecule has 0 spiro atoms. The summed E-state index contributed by atoms with van der Waals surface area (Å²) in [7, 11) is 2.23. The van der Waals surface area contributed by atoms with Crippen LogP contribution in [0.5, 0.6) is 0 Å². The first kappa shape index (κ1) is 14.8. The molecule has 0 atom stereocenters. The van der Waals surface area contributed by atoms with Gasteiger partial charge in [0.2, 0.25) is 0 Å². The Morgan fingerprint density at radius 2 is 1.63 bits per heavy atom. The molecule has 1 nitrogen and oxygen atoms in total. The van der Waals surface area contributed by atoms with E-state index in [4.69, 9.17) is 0 Å². The van der Waals surface area contributed by atoms with Crippen molar-refractivity contribution in [2.24, 2.45) is 5.41 Å². The molecule has 0 aliphatic heterocycles. The van der Waals surface area contributed by atoms with Crippen LogP contribution in [-0.2, 0) is 0 Å². The predicted molar refractivity (Wildman–Crippen MR) is 88.6 cm³/mol. The van der Waals surface area contributed by atoms with Crippen LogP contribution in [0, 0.1) is 19.3 Å². The Kier molecular flexibility index (Phi) is 4.83. The third-order valence-electron chi connectivity index (χ3n) is 4.47. The minimum absolute atomic E-state index is 0.424. The maximum absolute atomic E-state index is 4.65. The zero-order chi connectivity index (χ0) is 13.9. The normalized spacial score (nSPS) is 18.3. The Morgan fingerprint density at radius 3 is 2.16 bits per heavy atom. The number of benzene rings is 1. The van der Waals surface area contributed by atoms with Crippen LogP contribution in [0.3, 0.4) is 0 Å². The van der Waals surface area contributed by atoms with Crippen LogP contribution in [0.25, 0.3) is 0 Å². The van der Waals surface area contributed by atoms with E-state index in [1.807, 2.05) is 0 Å². The molecule has 1 aromatic carbocycles. The third-order valence-corrected chi connectivity index (χ3v) is 5.14. The standard InChI is InChI=1S/C17H27NS/c1-14-9-15(2)11-16(10-14)18(3)12-17(13-19)7-5-4-6-8-17/h9-11,19H,4-8,12-13H2,1-3H3. The highest BCUT2D eigenvalue weighted by Gasteiger charge is 2.31. The molecule has 0 bridgehead atoms. The Labute approximate surface area is 123 Å². The molecule has 0 N–H and O–H groups in total. The summed E-state index contributed by atoms with van der Waals surface area (Å²) in [6.07, 6.45) is 6.84. The molecular formula is C17H27NS. The minimum Gasteiger partial charge on any atom is -0.374 e. The van der Waals surface area contributed by atoms with Gasteiger partial charge in [0.15, 0.2) is 0 Å². The van der Waals surface area contributed by atoms with Crippen molar-refractivity contribution < 1.29 is 0 Å². The smallest absolute Gasteiger partial charge is 0.0369 e. The molecule has 0 saturated heterocycles. The first-order valence-electron chi connectivity index (χ1n) is 7.45.